The summed E-state index contributed by atoms with van der Waals surface area (Å²) in [7, 11) is 0. The maximum Gasteiger partial charge on any atom is 0.272 e. The van der Waals surface area contributed by atoms with Crippen LogP contribution in [-0.2, 0) is 0 Å². The largest absolute Gasteiger partial charge is 0.398 e. The maximum atomic E-state index is 12.3. The lowest BCUT2D eigenvalue weighted by atomic mass is 10.1. The Morgan fingerprint density at radius 3 is 2.89 bits per heavy atom. The summed E-state index contributed by atoms with van der Waals surface area (Å²) in [6, 6.07) is 9.16. The molecule has 0 aliphatic carbocycles. The van der Waals surface area contributed by atoms with Crippen molar-refractivity contribution in [3.05, 3.63) is 48.7 Å². The van der Waals surface area contributed by atoms with Gasteiger partial charge < -0.3 is 10.6 Å². The Balaban J connectivity index is 2.45. The zero-order chi connectivity index (χ0) is 13.8. The SMILES string of the molecule is C=CCN(CC)C(=O)c1cc(N)c2ccccc2n1. The number of pyridine rings is 1. The number of carbonyl (C=O) groups excluding carboxylic acids is 1. The first-order chi connectivity index (χ1) is 9.17. The third-order valence-electron chi connectivity index (χ3n) is 2.99. The van der Waals surface area contributed by atoms with Crippen LogP contribution >= 0.6 is 0 Å². The molecule has 0 saturated heterocycles. The summed E-state index contributed by atoms with van der Waals surface area (Å²) in [5.41, 5.74) is 7.66. The second kappa shape index (κ2) is 5.52. The Morgan fingerprint density at radius 1 is 1.47 bits per heavy atom. The molecule has 0 atom stereocenters. The average Bonchev–Trinajstić information content (AvgIpc) is 2.44. The molecule has 2 N–H and O–H groups in total. The predicted molar refractivity (Wildman–Crippen MR) is 77.9 cm³/mol. The molecule has 1 aromatic heterocycles. The molecule has 1 heterocycles. The molecule has 1 aromatic carbocycles. The Kier molecular flexibility index (Phi) is 3.80. The van der Waals surface area contributed by atoms with E-state index >= 15 is 0 Å². The van der Waals surface area contributed by atoms with Crippen molar-refractivity contribution in [2.75, 3.05) is 18.8 Å². The molecular formula is C15H17N3O. The Morgan fingerprint density at radius 2 is 2.21 bits per heavy atom. The second-order valence-corrected chi connectivity index (χ2v) is 4.25. The zero-order valence-electron chi connectivity index (χ0n) is 11.0. The summed E-state index contributed by atoms with van der Waals surface area (Å²) in [5, 5.41) is 0.866. The van der Waals surface area contributed by atoms with E-state index < -0.39 is 0 Å². The van der Waals surface area contributed by atoms with Crippen LogP contribution in [0.25, 0.3) is 10.9 Å². The van der Waals surface area contributed by atoms with Gasteiger partial charge in [-0.2, -0.15) is 0 Å². The molecule has 0 aliphatic heterocycles. The highest BCUT2D eigenvalue weighted by Crippen LogP contribution is 2.20. The fraction of sp³-hybridized carbons (Fsp3) is 0.200. The van der Waals surface area contributed by atoms with Gasteiger partial charge in [0.05, 0.1) is 5.52 Å². The highest BCUT2D eigenvalue weighted by Gasteiger charge is 2.15. The van der Waals surface area contributed by atoms with Gasteiger partial charge in [0.2, 0.25) is 0 Å². The van der Waals surface area contributed by atoms with Gasteiger partial charge in [0.1, 0.15) is 5.69 Å². The van der Waals surface area contributed by atoms with Crippen LogP contribution < -0.4 is 5.73 Å². The fourth-order valence-corrected chi connectivity index (χ4v) is 1.99. The summed E-state index contributed by atoms with van der Waals surface area (Å²) in [4.78, 5) is 18.4. The minimum absolute atomic E-state index is 0.125. The lowest BCUT2D eigenvalue weighted by Gasteiger charge is -2.18. The molecule has 0 spiro atoms. The molecule has 0 saturated carbocycles. The van der Waals surface area contributed by atoms with Crippen molar-refractivity contribution < 1.29 is 4.79 Å². The third kappa shape index (κ3) is 2.57. The van der Waals surface area contributed by atoms with Crippen molar-refractivity contribution >= 4 is 22.5 Å². The normalized spacial score (nSPS) is 10.4. The van der Waals surface area contributed by atoms with Gasteiger partial charge in [0.15, 0.2) is 0 Å². The molecule has 0 radical (unpaired) electrons. The first-order valence-corrected chi connectivity index (χ1v) is 6.22. The van der Waals surface area contributed by atoms with Gasteiger partial charge in [0, 0.05) is 24.2 Å². The van der Waals surface area contributed by atoms with Crippen molar-refractivity contribution in [2.45, 2.75) is 6.92 Å². The van der Waals surface area contributed by atoms with E-state index in [0.717, 1.165) is 10.9 Å². The number of nitrogen functional groups attached to an aromatic ring is 1. The van der Waals surface area contributed by atoms with Crippen LogP contribution in [0.1, 0.15) is 17.4 Å². The van der Waals surface area contributed by atoms with Gasteiger partial charge in [-0.3, -0.25) is 4.79 Å². The van der Waals surface area contributed by atoms with Crippen molar-refractivity contribution in [3.63, 3.8) is 0 Å². The van der Waals surface area contributed by atoms with Gasteiger partial charge in [0.25, 0.3) is 5.91 Å². The zero-order valence-corrected chi connectivity index (χ0v) is 11.0. The second-order valence-electron chi connectivity index (χ2n) is 4.25. The molecule has 4 nitrogen and oxygen atoms in total. The van der Waals surface area contributed by atoms with Crippen LogP contribution in [0.2, 0.25) is 0 Å². The summed E-state index contributed by atoms with van der Waals surface area (Å²) in [6.45, 7) is 6.69. The topological polar surface area (TPSA) is 59.2 Å². The van der Waals surface area contributed by atoms with Crippen molar-refractivity contribution in [1.29, 1.82) is 0 Å². The quantitative estimate of drug-likeness (QED) is 0.854. The van der Waals surface area contributed by atoms with E-state index in [1.165, 1.54) is 0 Å². The van der Waals surface area contributed by atoms with Crippen LogP contribution in [0.5, 0.6) is 0 Å². The predicted octanol–water partition coefficient (Wildman–Crippen LogP) is 2.47. The first kappa shape index (κ1) is 13.1. The maximum absolute atomic E-state index is 12.3. The van der Waals surface area contributed by atoms with Crippen molar-refractivity contribution in [2.24, 2.45) is 0 Å². The summed E-state index contributed by atoms with van der Waals surface area (Å²) >= 11 is 0. The number of fused-ring (bicyclic) bond motifs is 1. The fourth-order valence-electron chi connectivity index (χ4n) is 1.99. The summed E-state index contributed by atoms with van der Waals surface area (Å²) in [5.74, 6) is -0.125. The number of hydrogen-bond donors (Lipinski definition) is 1. The Bertz CT molecular complexity index is 622. The number of rotatable bonds is 4. The van der Waals surface area contributed by atoms with E-state index in [4.69, 9.17) is 5.73 Å². The van der Waals surface area contributed by atoms with E-state index in [1.54, 1.807) is 17.0 Å². The number of aromatic nitrogens is 1. The molecule has 4 heteroatoms. The minimum atomic E-state index is -0.125. The number of likely N-dealkylation sites (N-methyl/N-ethyl adjacent to an activating group) is 1. The number of anilines is 1. The van der Waals surface area contributed by atoms with Gasteiger partial charge in [-0.25, -0.2) is 4.98 Å². The number of amides is 1. The van der Waals surface area contributed by atoms with Gasteiger partial charge >= 0.3 is 0 Å². The van der Waals surface area contributed by atoms with Crippen LogP contribution in [0.3, 0.4) is 0 Å². The number of nitrogens with two attached hydrogens (primary N) is 1. The van der Waals surface area contributed by atoms with Crippen LogP contribution in [0, 0.1) is 0 Å². The smallest absolute Gasteiger partial charge is 0.272 e. The molecule has 98 valence electrons. The summed E-state index contributed by atoms with van der Waals surface area (Å²) in [6.07, 6.45) is 1.70. The molecule has 2 aromatic rings. The van der Waals surface area contributed by atoms with E-state index in [-0.39, 0.29) is 5.91 Å². The molecular weight excluding hydrogens is 238 g/mol. The number of para-hydroxylation sites is 1. The number of hydrogen-bond acceptors (Lipinski definition) is 3. The molecule has 2 rings (SSSR count). The number of carbonyl (C=O) groups is 1. The Labute approximate surface area is 112 Å². The minimum Gasteiger partial charge on any atom is -0.398 e. The lowest BCUT2D eigenvalue weighted by Crippen LogP contribution is -2.31. The summed E-state index contributed by atoms with van der Waals surface area (Å²) < 4.78 is 0. The number of nitrogens with zero attached hydrogens (tertiary/aromatic N) is 2. The standard InChI is InChI=1S/C15H17N3O/c1-3-9-18(4-2)15(19)14-10-12(16)11-7-5-6-8-13(11)17-14/h3,5-8,10H,1,4,9H2,2H3,(H2,16,17). The molecule has 0 fully saturated rings. The molecule has 0 aliphatic rings. The van der Waals surface area contributed by atoms with Crippen LogP contribution in [-0.4, -0.2) is 28.9 Å². The third-order valence-corrected chi connectivity index (χ3v) is 2.99. The Hall–Kier alpha value is -2.36. The van der Waals surface area contributed by atoms with Crippen molar-refractivity contribution in [3.8, 4) is 0 Å². The highest BCUT2D eigenvalue weighted by molar-refractivity contribution is 5.99. The van der Waals surface area contributed by atoms with E-state index in [0.29, 0.717) is 24.5 Å². The first-order valence-electron chi connectivity index (χ1n) is 6.22. The molecule has 0 unspecified atom stereocenters. The monoisotopic (exact) mass is 255 g/mol. The molecule has 1 amide bonds. The highest BCUT2D eigenvalue weighted by atomic mass is 16.2. The number of benzene rings is 1. The van der Waals surface area contributed by atoms with E-state index in [1.807, 2.05) is 31.2 Å². The van der Waals surface area contributed by atoms with Gasteiger partial charge in [-0.05, 0) is 19.1 Å². The van der Waals surface area contributed by atoms with Crippen LogP contribution in [0.4, 0.5) is 5.69 Å². The van der Waals surface area contributed by atoms with E-state index in [2.05, 4.69) is 11.6 Å². The molecule has 0 bridgehead atoms. The van der Waals surface area contributed by atoms with Crippen LogP contribution in [0.15, 0.2) is 43.0 Å². The molecule has 19 heavy (non-hydrogen) atoms. The van der Waals surface area contributed by atoms with Gasteiger partial charge in [-0.15, -0.1) is 6.58 Å². The van der Waals surface area contributed by atoms with Crippen molar-refractivity contribution in [1.82, 2.24) is 9.88 Å². The van der Waals surface area contributed by atoms with E-state index in [9.17, 15) is 4.79 Å². The van der Waals surface area contributed by atoms with Gasteiger partial charge in [-0.1, -0.05) is 24.3 Å². The lowest BCUT2D eigenvalue weighted by molar-refractivity contribution is 0.0777. The average molecular weight is 255 g/mol.